The minimum Gasteiger partial charge on any atom is -0.491 e. The molecule has 0 unspecified atom stereocenters. The van der Waals surface area contributed by atoms with E-state index in [0.717, 1.165) is 32.9 Å². The number of H-pyrrole nitrogens is 2. The monoisotopic (exact) mass is 597 g/mol. The van der Waals surface area contributed by atoms with Gasteiger partial charge in [-0.3, -0.25) is 14.4 Å². The fourth-order valence-corrected chi connectivity index (χ4v) is 4.96. The summed E-state index contributed by atoms with van der Waals surface area (Å²) in [5.74, 6) is -3.68. The summed E-state index contributed by atoms with van der Waals surface area (Å²) in [4.78, 5) is 55.3. The number of nitrogens with two attached hydrogens (primary N) is 1. The van der Waals surface area contributed by atoms with Crippen molar-refractivity contribution in [3.63, 3.8) is 0 Å². The molecule has 0 bridgehead atoms. The molecular weight excluding hydrogens is 566 g/mol. The van der Waals surface area contributed by atoms with Crippen molar-refractivity contribution in [2.45, 2.75) is 31.3 Å². The van der Waals surface area contributed by atoms with Crippen molar-refractivity contribution >= 4 is 51.2 Å². The van der Waals surface area contributed by atoms with Crippen molar-refractivity contribution in [3.05, 3.63) is 95.8 Å². The van der Waals surface area contributed by atoms with Crippen LogP contribution < -0.4 is 21.1 Å². The summed E-state index contributed by atoms with van der Waals surface area (Å²) in [6.45, 7) is 0.176. The summed E-state index contributed by atoms with van der Waals surface area (Å²) in [5, 5.41) is 25.9. The van der Waals surface area contributed by atoms with Crippen molar-refractivity contribution in [2.24, 2.45) is 5.73 Å². The van der Waals surface area contributed by atoms with Gasteiger partial charge in [0.1, 0.15) is 11.8 Å². The van der Waals surface area contributed by atoms with E-state index in [1.54, 1.807) is 6.20 Å². The van der Waals surface area contributed by atoms with Crippen LogP contribution in [-0.4, -0.2) is 62.6 Å². The van der Waals surface area contributed by atoms with Gasteiger partial charge in [0, 0.05) is 52.6 Å². The van der Waals surface area contributed by atoms with E-state index in [0.29, 0.717) is 6.42 Å². The number of aromatic amines is 2. The highest BCUT2D eigenvalue weighted by Gasteiger charge is 2.24. The highest BCUT2D eigenvalue weighted by Crippen LogP contribution is 2.28. The molecule has 2 aromatic heterocycles. The molecule has 0 saturated heterocycles. The van der Waals surface area contributed by atoms with Gasteiger partial charge in [0.05, 0.1) is 24.8 Å². The van der Waals surface area contributed by atoms with Crippen molar-refractivity contribution in [2.75, 3.05) is 11.9 Å². The molecule has 5 rings (SSSR count). The molecule has 5 aromatic rings. The van der Waals surface area contributed by atoms with Gasteiger partial charge in [-0.2, -0.15) is 0 Å². The molecule has 0 aliphatic rings. The van der Waals surface area contributed by atoms with E-state index in [4.69, 9.17) is 15.6 Å². The predicted molar refractivity (Wildman–Crippen MR) is 164 cm³/mol. The zero-order valence-electron chi connectivity index (χ0n) is 23.5. The van der Waals surface area contributed by atoms with Gasteiger partial charge in [-0.15, -0.1) is 0 Å². The molecular formula is C32H31N5O7. The Balaban J connectivity index is 1.34. The van der Waals surface area contributed by atoms with E-state index < -0.39 is 42.3 Å². The maximum absolute atomic E-state index is 13.3. The zero-order valence-corrected chi connectivity index (χ0v) is 23.5. The number of anilines is 1. The van der Waals surface area contributed by atoms with Crippen LogP contribution in [0.4, 0.5) is 5.69 Å². The number of benzene rings is 3. The first-order valence-electron chi connectivity index (χ1n) is 13.9. The van der Waals surface area contributed by atoms with Gasteiger partial charge in [0.2, 0.25) is 5.91 Å². The smallest absolute Gasteiger partial charge is 0.326 e. The van der Waals surface area contributed by atoms with Gasteiger partial charge in [0.15, 0.2) is 0 Å². The Bertz CT molecular complexity index is 1840. The molecule has 8 N–H and O–H groups in total. The number of carbonyl (C=O) groups excluding carboxylic acids is 2. The van der Waals surface area contributed by atoms with Crippen LogP contribution in [-0.2, 0) is 27.2 Å². The summed E-state index contributed by atoms with van der Waals surface area (Å²) in [5.41, 5.74) is 9.58. The molecule has 0 aliphatic carbocycles. The van der Waals surface area contributed by atoms with E-state index in [1.807, 2.05) is 54.7 Å². The van der Waals surface area contributed by atoms with Gasteiger partial charge in [-0.1, -0.05) is 36.4 Å². The van der Waals surface area contributed by atoms with Crippen molar-refractivity contribution in [1.82, 2.24) is 15.3 Å². The fraction of sp³-hybridized carbons (Fsp3) is 0.188. The quantitative estimate of drug-likeness (QED) is 0.107. The lowest BCUT2D eigenvalue weighted by atomic mass is 10.0. The second-order valence-electron chi connectivity index (χ2n) is 10.3. The highest BCUT2D eigenvalue weighted by atomic mass is 16.5. The number of fused-ring (bicyclic) bond motifs is 2. The number of para-hydroxylation sites is 2. The van der Waals surface area contributed by atoms with Gasteiger partial charge in [-0.05, 0) is 41.5 Å². The maximum atomic E-state index is 13.3. The Kier molecular flexibility index (Phi) is 8.91. The van der Waals surface area contributed by atoms with Crippen LogP contribution >= 0.6 is 0 Å². The van der Waals surface area contributed by atoms with Crippen LogP contribution in [0.1, 0.15) is 27.9 Å². The van der Waals surface area contributed by atoms with E-state index in [2.05, 4.69) is 20.6 Å². The predicted octanol–water partition coefficient (Wildman–Crippen LogP) is 3.44. The summed E-state index contributed by atoms with van der Waals surface area (Å²) in [6, 6.07) is 17.0. The summed E-state index contributed by atoms with van der Waals surface area (Å²) < 4.78 is 6.01. The molecule has 3 aromatic carbocycles. The van der Waals surface area contributed by atoms with Gasteiger partial charge in [0.25, 0.3) is 5.91 Å². The topological polar surface area (TPSA) is 200 Å². The number of carboxylic acid groups (broad SMARTS) is 2. The summed E-state index contributed by atoms with van der Waals surface area (Å²) >= 11 is 0. The normalized spacial score (nSPS) is 12.5. The van der Waals surface area contributed by atoms with E-state index >= 15 is 0 Å². The lowest BCUT2D eigenvalue weighted by Gasteiger charge is -2.17. The molecule has 0 fully saturated rings. The minimum atomic E-state index is -1.31. The molecule has 0 spiro atoms. The van der Waals surface area contributed by atoms with Crippen LogP contribution in [0.5, 0.6) is 5.75 Å². The number of carbonyl (C=O) groups is 4. The van der Waals surface area contributed by atoms with E-state index in [-0.39, 0.29) is 30.0 Å². The lowest BCUT2D eigenvalue weighted by molar-refractivity contribution is -0.139. The first-order valence-corrected chi connectivity index (χ1v) is 13.9. The van der Waals surface area contributed by atoms with Gasteiger partial charge >= 0.3 is 11.9 Å². The molecule has 2 amide bonds. The van der Waals surface area contributed by atoms with E-state index in [9.17, 15) is 24.3 Å². The molecule has 12 heteroatoms. The number of hydrogen-bond acceptors (Lipinski definition) is 6. The van der Waals surface area contributed by atoms with Crippen LogP contribution in [0.2, 0.25) is 0 Å². The third-order valence-corrected chi connectivity index (χ3v) is 7.24. The second kappa shape index (κ2) is 13.1. The molecule has 0 radical (unpaired) electrons. The minimum absolute atomic E-state index is 0.0503. The lowest BCUT2D eigenvalue weighted by Crippen LogP contribution is -2.42. The van der Waals surface area contributed by atoms with Crippen LogP contribution in [0.25, 0.3) is 21.8 Å². The highest BCUT2D eigenvalue weighted by molar-refractivity contribution is 6.00. The first kappa shape index (κ1) is 29.9. The van der Waals surface area contributed by atoms with Crippen LogP contribution in [0, 0.1) is 0 Å². The number of amides is 2. The molecule has 2 heterocycles. The molecule has 0 saturated carbocycles. The molecule has 12 nitrogen and oxygen atoms in total. The third kappa shape index (κ3) is 6.88. The summed E-state index contributed by atoms with van der Waals surface area (Å²) in [6.07, 6.45) is 3.58. The van der Waals surface area contributed by atoms with Crippen LogP contribution in [0.3, 0.4) is 0 Å². The Morgan fingerprint density at radius 2 is 1.50 bits per heavy atom. The Hall–Kier alpha value is -5.62. The van der Waals surface area contributed by atoms with Crippen molar-refractivity contribution < 1.29 is 34.1 Å². The fourth-order valence-electron chi connectivity index (χ4n) is 4.96. The standard InChI is InChI=1S/C32H31N5O7/c33-23(15-29(38)39)31(41)36-26-10-9-18(14-28(26)44-12-11-19-16-34-24-7-3-1-5-21(19)24)30(40)37-27(32(42)43)13-20-17-35-25-8-4-2-6-22(20)25/h1-10,14,16-17,23,27,34-35H,11-13,15,33H2,(H,36,41)(H,37,40)(H,38,39)(H,42,43)/t23-,27-/m0/s1. The third-order valence-electron chi connectivity index (χ3n) is 7.24. The first-order chi connectivity index (χ1) is 21.2. The number of hydrogen-bond donors (Lipinski definition) is 7. The Morgan fingerprint density at radius 1 is 0.864 bits per heavy atom. The average molecular weight is 598 g/mol. The number of aromatic nitrogens is 2. The molecule has 2 atom stereocenters. The largest absolute Gasteiger partial charge is 0.491 e. The maximum Gasteiger partial charge on any atom is 0.326 e. The van der Waals surface area contributed by atoms with Crippen molar-refractivity contribution in [1.29, 1.82) is 0 Å². The average Bonchev–Trinajstić information content (AvgIpc) is 3.61. The molecule has 226 valence electrons. The second-order valence-corrected chi connectivity index (χ2v) is 10.3. The Labute approximate surface area is 251 Å². The van der Waals surface area contributed by atoms with Crippen LogP contribution in [0.15, 0.2) is 79.1 Å². The van der Waals surface area contributed by atoms with E-state index in [1.165, 1.54) is 18.2 Å². The SMILES string of the molecule is N[C@@H](CC(=O)O)C(=O)Nc1ccc(C(=O)N[C@@H](Cc2c[nH]c3ccccc23)C(=O)O)cc1OCCc1c[nH]c2ccccc12. The molecule has 44 heavy (non-hydrogen) atoms. The number of aliphatic carboxylic acids is 2. The number of ether oxygens (including phenoxy) is 1. The number of carboxylic acids is 2. The van der Waals surface area contributed by atoms with Crippen molar-refractivity contribution in [3.8, 4) is 5.75 Å². The Morgan fingerprint density at radius 3 is 2.16 bits per heavy atom. The number of rotatable bonds is 13. The molecule has 0 aliphatic heterocycles. The summed E-state index contributed by atoms with van der Waals surface area (Å²) in [7, 11) is 0. The van der Waals surface area contributed by atoms with Gasteiger partial charge < -0.3 is 41.3 Å². The number of nitrogens with one attached hydrogen (secondary N) is 4. The van der Waals surface area contributed by atoms with Gasteiger partial charge in [-0.25, -0.2) is 4.79 Å². The zero-order chi connectivity index (χ0) is 31.2.